The fourth-order valence-corrected chi connectivity index (χ4v) is 2.88. The molecule has 0 aromatic heterocycles. The number of rotatable bonds is 3. The number of hydrogen-bond donors (Lipinski definition) is 1. The van der Waals surface area contributed by atoms with Gasteiger partial charge >= 0.3 is 0 Å². The summed E-state index contributed by atoms with van der Waals surface area (Å²) in [6, 6.07) is 10.4. The minimum absolute atomic E-state index is 0.278. The van der Waals surface area contributed by atoms with Crippen LogP contribution in [0.3, 0.4) is 0 Å². The monoisotopic (exact) mass is 216 g/mol. The van der Waals surface area contributed by atoms with E-state index >= 15 is 0 Å². The number of benzene rings is 1. The first-order valence-corrected chi connectivity index (χ1v) is 6.14. The molecule has 1 aromatic rings. The molecule has 2 unspecified atom stereocenters. The summed E-state index contributed by atoms with van der Waals surface area (Å²) < 4.78 is 0. The van der Waals surface area contributed by atoms with Gasteiger partial charge < -0.3 is 5.11 Å². The highest BCUT2D eigenvalue weighted by Crippen LogP contribution is 2.42. The Hall–Kier alpha value is -1.08. The predicted molar refractivity (Wildman–Crippen MR) is 67.4 cm³/mol. The molecule has 0 radical (unpaired) electrons. The van der Waals surface area contributed by atoms with Gasteiger partial charge in [0.2, 0.25) is 0 Å². The SMILES string of the molecule is C=CCC1(O)CCCCC1c1ccccc1. The highest BCUT2D eigenvalue weighted by molar-refractivity contribution is 5.24. The fourth-order valence-electron chi connectivity index (χ4n) is 2.88. The summed E-state index contributed by atoms with van der Waals surface area (Å²) in [5, 5.41) is 10.7. The van der Waals surface area contributed by atoms with E-state index in [1.165, 1.54) is 12.0 Å². The van der Waals surface area contributed by atoms with Gasteiger partial charge in [-0.05, 0) is 24.8 Å². The van der Waals surface area contributed by atoms with Crippen molar-refractivity contribution < 1.29 is 5.11 Å². The summed E-state index contributed by atoms with van der Waals surface area (Å²) >= 11 is 0. The lowest BCUT2D eigenvalue weighted by atomic mass is 9.70. The van der Waals surface area contributed by atoms with E-state index in [2.05, 4.69) is 30.8 Å². The summed E-state index contributed by atoms with van der Waals surface area (Å²) in [4.78, 5) is 0. The molecule has 2 rings (SSSR count). The van der Waals surface area contributed by atoms with Crippen LogP contribution in [0, 0.1) is 0 Å². The van der Waals surface area contributed by atoms with Crippen LogP contribution in [0.5, 0.6) is 0 Å². The van der Waals surface area contributed by atoms with Gasteiger partial charge in [-0.1, -0.05) is 49.2 Å². The minimum Gasteiger partial charge on any atom is -0.389 e. The maximum absolute atomic E-state index is 10.7. The number of hydrogen-bond acceptors (Lipinski definition) is 1. The van der Waals surface area contributed by atoms with Crippen LogP contribution < -0.4 is 0 Å². The smallest absolute Gasteiger partial charge is 0.0750 e. The van der Waals surface area contributed by atoms with Crippen LogP contribution >= 0.6 is 0 Å². The van der Waals surface area contributed by atoms with E-state index in [0.29, 0.717) is 6.42 Å². The average molecular weight is 216 g/mol. The quantitative estimate of drug-likeness (QED) is 0.765. The first-order valence-electron chi connectivity index (χ1n) is 6.14. The van der Waals surface area contributed by atoms with Gasteiger partial charge in [-0.15, -0.1) is 6.58 Å². The molecule has 0 aliphatic heterocycles. The Balaban J connectivity index is 2.26. The predicted octanol–water partition coefficient (Wildman–Crippen LogP) is 3.65. The second kappa shape index (κ2) is 4.84. The molecule has 0 saturated heterocycles. The summed E-state index contributed by atoms with van der Waals surface area (Å²) in [5.74, 6) is 0.278. The van der Waals surface area contributed by atoms with Crippen molar-refractivity contribution in [2.75, 3.05) is 0 Å². The molecule has 0 spiro atoms. The van der Waals surface area contributed by atoms with E-state index in [-0.39, 0.29) is 5.92 Å². The third kappa shape index (κ3) is 2.19. The van der Waals surface area contributed by atoms with E-state index in [1.807, 2.05) is 12.1 Å². The molecule has 0 bridgehead atoms. The Morgan fingerprint density at radius 3 is 2.75 bits per heavy atom. The second-order valence-electron chi connectivity index (χ2n) is 4.81. The molecule has 1 aliphatic rings. The van der Waals surface area contributed by atoms with Crippen molar-refractivity contribution in [3.63, 3.8) is 0 Å². The van der Waals surface area contributed by atoms with Gasteiger partial charge in [0.15, 0.2) is 0 Å². The lowest BCUT2D eigenvalue weighted by Gasteiger charge is -2.40. The van der Waals surface area contributed by atoms with Crippen LogP contribution in [0.25, 0.3) is 0 Å². The van der Waals surface area contributed by atoms with Crippen LogP contribution in [-0.4, -0.2) is 10.7 Å². The third-order valence-corrected chi connectivity index (χ3v) is 3.70. The van der Waals surface area contributed by atoms with Gasteiger partial charge in [0.25, 0.3) is 0 Å². The molecular weight excluding hydrogens is 196 g/mol. The number of aliphatic hydroxyl groups is 1. The van der Waals surface area contributed by atoms with Crippen LogP contribution in [0.4, 0.5) is 0 Å². The Morgan fingerprint density at radius 1 is 1.31 bits per heavy atom. The van der Waals surface area contributed by atoms with E-state index in [9.17, 15) is 5.11 Å². The maximum Gasteiger partial charge on any atom is 0.0750 e. The van der Waals surface area contributed by atoms with Crippen LogP contribution in [-0.2, 0) is 0 Å². The van der Waals surface area contributed by atoms with Gasteiger partial charge in [0.05, 0.1) is 5.60 Å². The molecule has 1 nitrogen and oxygen atoms in total. The van der Waals surface area contributed by atoms with Crippen LogP contribution in [0.15, 0.2) is 43.0 Å². The molecule has 0 heterocycles. The minimum atomic E-state index is -0.568. The molecule has 1 heteroatoms. The Bertz CT molecular complexity index is 344. The van der Waals surface area contributed by atoms with Gasteiger partial charge in [-0.3, -0.25) is 0 Å². The molecule has 1 N–H and O–H groups in total. The molecule has 1 aromatic carbocycles. The lowest BCUT2D eigenvalue weighted by Crippen LogP contribution is -2.38. The van der Waals surface area contributed by atoms with Crippen molar-refractivity contribution >= 4 is 0 Å². The van der Waals surface area contributed by atoms with Crippen molar-refractivity contribution in [1.82, 2.24) is 0 Å². The third-order valence-electron chi connectivity index (χ3n) is 3.70. The van der Waals surface area contributed by atoms with Crippen LogP contribution in [0.1, 0.15) is 43.6 Å². The topological polar surface area (TPSA) is 20.2 Å². The van der Waals surface area contributed by atoms with Gasteiger partial charge in [-0.25, -0.2) is 0 Å². The highest BCUT2D eigenvalue weighted by Gasteiger charge is 2.38. The Morgan fingerprint density at radius 2 is 2.06 bits per heavy atom. The summed E-state index contributed by atoms with van der Waals surface area (Å²) in [7, 11) is 0. The standard InChI is InChI=1S/C15H20O/c1-2-11-15(16)12-7-6-10-14(15)13-8-4-3-5-9-13/h2-5,8-9,14,16H,1,6-7,10-12H2. The van der Waals surface area contributed by atoms with Crippen molar-refractivity contribution in [3.05, 3.63) is 48.6 Å². The molecule has 0 amide bonds. The fraction of sp³-hybridized carbons (Fsp3) is 0.467. The van der Waals surface area contributed by atoms with Crippen molar-refractivity contribution in [2.24, 2.45) is 0 Å². The van der Waals surface area contributed by atoms with E-state index in [0.717, 1.165) is 19.3 Å². The van der Waals surface area contributed by atoms with E-state index < -0.39 is 5.60 Å². The zero-order chi connectivity index (χ0) is 11.4. The van der Waals surface area contributed by atoms with Gasteiger partial charge in [0.1, 0.15) is 0 Å². The summed E-state index contributed by atoms with van der Waals surface area (Å²) in [5.41, 5.74) is 0.702. The molecular formula is C15H20O. The van der Waals surface area contributed by atoms with Crippen molar-refractivity contribution in [3.8, 4) is 0 Å². The largest absolute Gasteiger partial charge is 0.389 e. The summed E-state index contributed by atoms with van der Waals surface area (Å²) in [6.45, 7) is 3.77. The zero-order valence-corrected chi connectivity index (χ0v) is 9.73. The molecule has 86 valence electrons. The van der Waals surface area contributed by atoms with E-state index in [1.54, 1.807) is 0 Å². The molecule has 1 fully saturated rings. The highest BCUT2D eigenvalue weighted by atomic mass is 16.3. The molecule has 1 saturated carbocycles. The normalized spacial score (nSPS) is 29.9. The maximum atomic E-state index is 10.7. The zero-order valence-electron chi connectivity index (χ0n) is 9.73. The van der Waals surface area contributed by atoms with Gasteiger partial charge in [0, 0.05) is 5.92 Å². The Labute approximate surface area is 97.8 Å². The first kappa shape index (κ1) is 11.4. The Kier molecular flexibility index (Phi) is 3.45. The van der Waals surface area contributed by atoms with Gasteiger partial charge in [-0.2, -0.15) is 0 Å². The molecule has 1 aliphatic carbocycles. The first-order chi connectivity index (χ1) is 7.76. The molecule has 16 heavy (non-hydrogen) atoms. The second-order valence-corrected chi connectivity index (χ2v) is 4.81. The lowest BCUT2D eigenvalue weighted by molar-refractivity contribution is -0.0142. The summed E-state index contributed by atoms with van der Waals surface area (Å²) in [6.07, 6.45) is 6.90. The average Bonchev–Trinajstić information content (AvgIpc) is 2.31. The van der Waals surface area contributed by atoms with Crippen LogP contribution in [0.2, 0.25) is 0 Å². The van der Waals surface area contributed by atoms with E-state index in [4.69, 9.17) is 0 Å². The molecule has 2 atom stereocenters. The van der Waals surface area contributed by atoms with Crippen molar-refractivity contribution in [1.29, 1.82) is 0 Å². The van der Waals surface area contributed by atoms with Crippen molar-refractivity contribution in [2.45, 2.75) is 43.6 Å².